The van der Waals surface area contributed by atoms with Crippen molar-refractivity contribution in [3.8, 4) is 11.4 Å². The molecule has 0 radical (unpaired) electrons. The average molecular weight is 412 g/mol. The van der Waals surface area contributed by atoms with Crippen molar-refractivity contribution in [3.05, 3.63) is 75.3 Å². The van der Waals surface area contributed by atoms with Crippen molar-refractivity contribution in [2.24, 2.45) is 0 Å². The summed E-state index contributed by atoms with van der Waals surface area (Å²) >= 11 is 7.62. The van der Waals surface area contributed by atoms with Crippen molar-refractivity contribution in [2.45, 2.75) is 31.3 Å². The monoisotopic (exact) mass is 411 g/mol. The Hall–Kier alpha value is -2.64. The molecule has 0 aliphatic rings. The van der Waals surface area contributed by atoms with E-state index in [9.17, 15) is 4.79 Å². The van der Waals surface area contributed by atoms with Crippen LogP contribution in [0.25, 0.3) is 17.0 Å². The fourth-order valence-electron chi connectivity index (χ4n) is 3.10. The van der Waals surface area contributed by atoms with Crippen molar-refractivity contribution >= 4 is 29.0 Å². The summed E-state index contributed by atoms with van der Waals surface area (Å²) in [6.45, 7) is 4.67. The van der Waals surface area contributed by atoms with Gasteiger partial charge in [0.2, 0.25) is 0 Å². The summed E-state index contributed by atoms with van der Waals surface area (Å²) in [6, 6.07) is 14.8. The number of aryl methyl sites for hydroxylation is 1. The second-order valence-corrected chi connectivity index (χ2v) is 7.67. The molecule has 142 valence electrons. The maximum absolute atomic E-state index is 12.4. The van der Waals surface area contributed by atoms with Crippen molar-refractivity contribution in [2.75, 3.05) is 0 Å². The first kappa shape index (κ1) is 18.7. The van der Waals surface area contributed by atoms with E-state index in [1.54, 1.807) is 10.5 Å². The Kier molecular flexibility index (Phi) is 5.19. The van der Waals surface area contributed by atoms with E-state index >= 15 is 0 Å². The summed E-state index contributed by atoms with van der Waals surface area (Å²) < 4.78 is 3.65. The topological polar surface area (TPSA) is 65.1 Å². The van der Waals surface area contributed by atoms with Crippen LogP contribution in [0.15, 0.2) is 58.5 Å². The van der Waals surface area contributed by atoms with Gasteiger partial charge in [0.1, 0.15) is 5.65 Å². The molecular formula is C20H18ClN5OS. The molecule has 0 saturated heterocycles. The van der Waals surface area contributed by atoms with Gasteiger partial charge in [0.25, 0.3) is 5.56 Å². The van der Waals surface area contributed by atoms with Crippen molar-refractivity contribution in [3.63, 3.8) is 0 Å². The molecule has 0 bridgehead atoms. The Morgan fingerprint density at radius 1 is 1.11 bits per heavy atom. The summed E-state index contributed by atoms with van der Waals surface area (Å²) in [5.74, 6) is 1.31. The molecule has 1 aromatic carbocycles. The third kappa shape index (κ3) is 3.55. The number of aromatic nitrogens is 5. The Morgan fingerprint density at radius 3 is 2.71 bits per heavy atom. The van der Waals surface area contributed by atoms with Gasteiger partial charge in [0.05, 0.1) is 5.69 Å². The molecule has 8 heteroatoms. The number of benzene rings is 1. The molecule has 28 heavy (non-hydrogen) atoms. The summed E-state index contributed by atoms with van der Waals surface area (Å²) in [7, 11) is 0. The largest absolute Gasteiger partial charge is 0.302 e. The zero-order valence-corrected chi connectivity index (χ0v) is 17.0. The van der Waals surface area contributed by atoms with E-state index in [1.807, 2.05) is 60.9 Å². The summed E-state index contributed by atoms with van der Waals surface area (Å²) in [4.78, 5) is 17.1. The molecule has 0 atom stereocenters. The predicted octanol–water partition coefficient (Wildman–Crippen LogP) is 4.23. The molecule has 0 saturated carbocycles. The van der Waals surface area contributed by atoms with E-state index in [4.69, 9.17) is 11.6 Å². The quantitative estimate of drug-likeness (QED) is 0.460. The van der Waals surface area contributed by atoms with Crippen LogP contribution in [0.1, 0.15) is 18.3 Å². The third-order valence-corrected chi connectivity index (χ3v) is 5.63. The highest BCUT2D eigenvalue weighted by Crippen LogP contribution is 2.27. The maximum atomic E-state index is 12.4. The third-order valence-electron chi connectivity index (χ3n) is 4.40. The molecule has 3 aromatic heterocycles. The molecule has 0 spiro atoms. The minimum atomic E-state index is -0.0738. The highest BCUT2D eigenvalue weighted by Gasteiger charge is 2.14. The van der Waals surface area contributed by atoms with Gasteiger partial charge in [-0.05, 0) is 38.1 Å². The maximum Gasteiger partial charge on any atom is 0.258 e. The lowest BCUT2D eigenvalue weighted by atomic mass is 10.2. The number of pyridine rings is 1. The highest BCUT2D eigenvalue weighted by atomic mass is 35.5. The van der Waals surface area contributed by atoms with Crippen LogP contribution in [0.3, 0.4) is 0 Å². The molecule has 0 fully saturated rings. The van der Waals surface area contributed by atoms with Gasteiger partial charge in [0.15, 0.2) is 11.0 Å². The second-order valence-electron chi connectivity index (χ2n) is 6.30. The zero-order chi connectivity index (χ0) is 19.7. The number of rotatable bonds is 5. The molecule has 0 aliphatic heterocycles. The molecule has 0 amide bonds. The number of halogens is 1. The first-order valence-corrected chi connectivity index (χ1v) is 10.2. The van der Waals surface area contributed by atoms with E-state index in [1.165, 1.54) is 11.8 Å². The van der Waals surface area contributed by atoms with E-state index in [2.05, 4.69) is 15.2 Å². The van der Waals surface area contributed by atoms with Crippen LogP contribution in [0.5, 0.6) is 0 Å². The molecule has 3 heterocycles. The summed E-state index contributed by atoms with van der Waals surface area (Å²) in [5.41, 5.74) is 3.09. The van der Waals surface area contributed by atoms with Gasteiger partial charge in [-0.1, -0.05) is 41.6 Å². The molecule has 0 aliphatic carbocycles. The van der Waals surface area contributed by atoms with Crippen molar-refractivity contribution < 1.29 is 0 Å². The standard InChI is InChI=1S/C20H18ClN5OS/c1-3-25-19(14-7-5-8-15(21)10-14)23-24-20(25)28-12-16-11-18(27)26-13(2)6-4-9-17(26)22-16/h4-11H,3,12H2,1-2H3. The summed E-state index contributed by atoms with van der Waals surface area (Å²) in [5, 5.41) is 10.1. The molecule has 4 rings (SSSR count). The fourth-order valence-corrected chi connectivity index (χ4v) is 4.18. The lowest BCUT2D eigenvalue weighted by molar-refractivity contribution is 0.687. The van der Waals surface area contributed by atoms with E-state index < -0.39 is 0 Å². The Labute approximate surface area is 171 Å². The first-order valence-electron chi connectivity index (χ1n) is 8.87. The number of thioether (sulfide) groups is 1. The zero-order valence-electron chi connectivity index (χ0n) is 15.5. The van der Waals surface area contributed by atoms with Crippen LogP contribution in [-0.2, 0) is 12.3 Å². The average Bonchev–Trinajstić information content (AvgIpc) is 3.09. The smallest absolute Gasteiger partial charge is 0.258 e. The highest BCUT2D eigenvalue weighted by molar-refractivity contribution is 7.98. The van der Waals surface area contributed by atoms with Gasteiger partial charge in [-0.15, -0.1) is 10.2 Å². The minimum absolute atomic E-state index is 0.0738. The van der Waals surface area contributed by atoms with Crippen LogP contribution >= 0.6 is 23.4 Å². The van der Waals surface area contributed by atoms with Gasteiger partial charge < -0.3 is 4.57 Å². The number of hydrogen-bond acceptors (Lipinski definition) is 5. The van der Waals surface area contributed by atoms with E-state index in [-0.39, 0.29) is 5.56 Å². The molecule has 0 N–H and O–H groups in total. The lowest BCUT2D eigenvalue weighted by Gasteiger charge is -2.08. The van der Waals surface area contributed by atoms with Crippen LogP contribution in [0.2, 0.25) is 5.02 Å². The van der Waals surface area contributed by atoms with Gasteiger partial charge in [0, 0.05) is 34.6 Å². The van der Waals surface area contributed by atoms with Gasteiger partial charge in [-0.2, -0.15) is 0 Å². The number of nitrogens with zero attached hydrogens (tertiary/aromatic N) is 5. The van der Waals surface area contributed by atoms with E-state index in [0.717, 1.165) is 34.5 Å². The number of hydrogen-bond donors (Lipinski definition) is 0. The minimum Gasteiger partial charge on any atom is -0.302 e. The van der Waals surface area contributed by atoms with Gasteiger partial charge >= 0.3 is 0 Å². The van der Waals surface area contributed by atoms with E-state index in [0.29, 0.717) is 16.4 Å². The van der Waals surface area contributed by atoms with Crippen molar-refractivity contribution in [1.29, 1.82) is 0 Å². The first-order chi connectivity index (χ1) is 13.6. The number of fused-ring (bicyclic) bond motifs is 1. The second kappa shape index (κ2) is 7.77. The molecular weight excluding hydrogens is 394 g/mol. The predicted molar refractivity (Wildman–Crippen MR) is 112 cm³/mol. The van der Waals surface area contributed by atoms with Crippen LogP contribution in [0, 0.1) is 6.92 Å². The fraction of sp³-hybridized carbons (Fsp3) is 0.200. The Bertz CT molecular complexity index is 1220. The van der Waals surface area contributed by atoms with Crippen molar-refractivity contribution in [1.82, 2.24) is 24.1 Å². The van der Waals surface area contributed by atoms with Gasteiger partial charge in [-0.25, -0.2) is 4.98 Å². The lowest BCUT2D eigenvalue weighted by Crippen LogP contribution is -2.17. The molecule has 4 aromatic rings. The summed E-state index contributed by atoms with van der Waals surface area (Å²) in [6.07, 6.45) is 0. The normalized spacial score (nSPS) is 11.2. The molecule has 6 nitrogen and oxygen atoms in total. The van der Waals surface area contributed by atoms with Gasteiger partial charge in [-0.3, -0.25) is 9.20 Å². The Morgan fingerprint density at radius 2 is 1.93 bits per heavy atom. The van der Waals surface area contributed by atoms with Crippen LogP contribution < -0.4 is 5.56 Å². The Balaban J connectivity index is 1.62. The van der Waals surface area contributed by atoms with Crippen LogP contribution in [-0.4, -0.2) is 24.1 Å². The molecule has 0 unspecified atom stereocenters. The van der Waals surface area contributed by atoms with Crippen LogP contribution in [0.4, 0.5) is 0 Å². The SMILES string of the molecule is CCn1c(SCc2cc(=O)n3c(C)cccc3n2)nnc1-c1cccc(Cl)c1.